The smallest absolute Gasteiger partial charge is 0.198 e. The van der Waals surface area contributed by atoms with Crippen molar-refractivity contribution in [2.45, 2.75) is 19.3 Å². The molecule has 0 bridgehead atoms. The van der Waals surface area contributed by atoms with E-state index in [4.69, 9.17) is 0 Å². The third kappa shape index (κ3) is 4.37. The molecule has 3 heterocycles. The zero-order chi connectivity index (χ0) is 36.4. The Kier molecular flexibility index (Phi) is 6.40. The van der Waals surface area contributed by atoms with Crippen molar-refractivity contribution in [2.75, 3.05) is 5.32 Å². The first kappa shape index (κ1) is 31.0. The van der Waals surface area contributed by atoms with Crippen molar-refractivity contribution in [1.82, 2.24) is 4.57 Å². The number of nitrogens with zero attached hydrogens (tertiary/aromatic N) is 1. The van der Waals surface area contributed by atoms with Crippen molar-refractivity contribution in [3.8, 4) is 39.1 Å². The molecule has 4 heteroatoms. The minimum absolute atomic E-state index is 0.0486. The van der Waals surface area contributed by atoms with E-state index in [1.54, 1.807) is 0 Å². The number of rotatable bonds is 4. The largest absolute Gasteiger partial charge is 0.355 e. The summed E-state index contributed by atoms with van der Waals surface area (Å²) in [5.74, 6) is 0. The number of thiophene rings is 1. The lowest BCUT2D eigenvalue weighted by Crippen LogP contribution is -2.37. The van der Waals surface area contributed by atoms with Crippen LogP contribution in [-0.4, -0.2) is 11.8 Å². The molecule has 1 aliphatic carbocycles. The van der Waals surface area contributed by atoms with E-state index >= 15 is 0 Å². The summed E-state index contributed by atoms with van der Waals surface area (Å²) in [7, 11) is 0.861. The summed E-state index contributed by atoms with van der Waals surface area (Å²) in [6.07, 6.45) is 0. The van der Waals surface area contributed by atoms with E-state index in [1.807, 2.05) is 11.3 Å². The molecule has 12 rings (SSSR count). The summed E-state index contributed by atoms with van der Waals surface area (Å²) in [5, 5.41) is 9.12. The Morgan fingerprint density at radius 2 is 1.29 bits per heavy atom. The van der Waals surface area contributed by atoms with E-state index in [-0.39, 0.29) is 5.41 Å². The van der Waals surface area contributed by atoms with E-state index < -0.39 is 0 Å². The second kappa shape index (κ2) is 11.3. The molecule has 0 amide bonds. The van der Waals surface area contributed by atoms with Gasteiger partial charge in [-0.05, 0) is 99.0 Å². The summed E-state index contributed by atoms with van der Waals surface area (Å²) in [4.78, 5) is 0. The van der Waals surface area contributed by atoms with Crippen LogP contribution >= 0.6 is 11.3 Å². The van der Waals surface area contributed by atoms with Gasteiger partial charge in [-0.2, -0.15) is 0 Å². The van der Waals surface area contributed by atoms with Crippen molar-refractivity contribution in [2.24, 2.45) is 0 Å². The van der Waals surface area contributed by atoms with Crippen LogP contribution in [0.25, 0.3) is 81.0 Å². The molecule has 2 nitrogen and oxygen atoms in total. The second-order valence-corrected chi connectivity index (χ2v) is 16.8. The highest BCUT2D eigenvalue weighted by atomic mass is 32.1. The van der Waals surface area contributed by atoms with E-state index in [9.17, 15) is 0 Å². The standard InChI is InChI=1S/C51H35BN2S/c1-51(2)40-19-9-6-16-32(40)36-26-30(24-25-41(36)51)35-27-39(49-50-48(35)34-18-7-11-21-44(34)54(50)45-22-12-10-20-42(45)52-49)37-29-47-38(33-17-8-13-23-46(33)55-47)28-43(37)53-31-14-4-3-5-15-31/h3-29,52-53H,1-2H3. The number of fused-ring (bicyclic) bond motifs is 11. The number of anilines is 2. The van der Waals surface area contributed by atoms with E-state index in [1.165, 1.54) is 103 Å². The molecule has 0 fully saturated rings. The lowest BCUT2D eigenvalue weighted by Gasteiger charge is -2.25. The number of aromatic nitrogens is 1. The maximum Gasteiger partial charge on any atom is 0.198 e. The molecule has 0 radical (unpaired) electrons. The van der Waals surface area contributed by atoms with Crippen molar-refractivity contribution >= 4 is 82.9 Å². The topological polar surface area (TPSA) is 17.0 Å². The lowest BCUT2D eigenvalue weighted by atomic mass is 9.58. The third-order valence-corrected chi connectivity index (χ3v) is 13.5. The Bertz CT molecular complexity index is 3240. The highest BCUT2D eigenvalue weighted by Gasteiger charge is 2.36. The Hall–Kier alpha value is -6.36. The van der Waals surface area contributed by atoms with Crippen LogP contribution in [0.4, 0.5) is 11.4 Å². The van der Waals surface area contributed by atoms with Crippen molar-refractivity contribution in [3.05, 3.63) is 175 Å². The predicted octanol–water partition coefficient (Wildman–Crippen LogP) is 12.2. The van der Waals surface area contributed by atoms with Crippen LogP contribution in [0.2, 0.25) is 0 Å². The fourth-order valence-corrected chi connectivity index (χ4v) is 11.0. The van der Waals surface area contributed by atoms with Gasteiger partial charge in [0.2, 0.25) is 0 Å². The first-order chi connectivity index (χ1) is 27.0. The first-order valence-electron chi connectivity index (χ1n) is 19.2. The zero-order valence-electron chi connectivity index (χ0n) is 30.7. The third-order valence-electron chi connectivity index (χ3n) is 12.4. The molecular formula is C51H35BN2S. The molecule has 2 aromatic heterocycles. The van der Waals surface area contributed by atoms with Crippen molar-refractivity contribution < 1.29 is 0 Å². The number of hydrogen-bond acceptors (Lipinski definition) is 2. The molecule has 1 N–H and O–H groups in total. The Labute approximate surface area is 324 Å². The van der Waals surface area contributed by atoms with Crippen molar-refractivity contribution in [1.29, 1.82) is 0 Å². The normalized spacial score (nSPS) is 13.6. The Morgan fingerprint density at radius 1 is 0.545 bits per heavy atom. The summed E-state index contributed by atoms with van der Waals surface area (Å²) < 4.78 is 5.17. The van der Waals surface area contributed by atoms with Crippen LogP contribution in [0, 0.1) is 0 Å². The lowest BCUT2D eigenvalue weighted by molar-refractivity contribution is 0.660. The fraction of sp³-hybridized carbons (Fsp3) is 0.0588. The maximum absolute atomic E-state index is 3.91. The van der Waals surface area contributed by atoms with Crippen LogP contribution in [0.3, 0.4) is 0 Å². The Balaban J connectivity index is 1.22. The summed E-state index contributed by atoms with van der Waals surface area (Å²) >= 11 is 1.89. The highest BCUT2D eigenvalue weighted by molar-refractivity contribution is 7.25. The second-order valence-electron chi connectivity index (χ2n) is 15.7. The van der Waals surface area contributed by atoms with Gasteiger partial charge in [0, 0.05) is 64.5 Å². The van der Waals surface area contributed by atoms with Crippen LogP contribution in [0.5, 0.6) is 0 Å². The van der Waals surface area contributed by atoms with Crippen LogP contribution in [-0.2, 0) is 5.41 Å². The van der Waals surface area contributed by atoms with Crippen molar-refractivity contribution in [3.63, 3.8) is 0 Å². The van der Waals surface area contributed by atoms with Gasteiger partial charge in [0.15, 0.2) is 7.28 Å². The van der Waals surface area contributed by atoms with Gasteiger partial charge in [-0.25, -0.2) is 0 Å². The summed E-state index contributed by atoms with van der Waals surface area (Å²) in [6.45, 7) is 4.73. The minimum atomic E-state index is -0.0486. The van der Waals surface area contributed by atoms with Gasteiger partial charge in [-0.3, -0.25) is 0 Å². The quantitative estimate of drug-likeness (QED) is 0.179. The monoisotopic (exact) mass is 718 g/mol. The molecule has 258 valence electrons. The fourth-order valence-electron chi connectivity index (χ4n) is 9.86. The van der Waals surface area contributed by atoms with Gasteiger partial charge in [0.1, 0.15) is 0 Å². The number of para-hydroxylation sites is 3. The van der Waals surface area contributed by atoms with Crippen LogP contribution in [0.15, 0.2) is 164 Å². The first-order valence-corrected chi connectivity index (χ1v) is 20.0. The van der Waals surface area contributed by atoms with E-state index in [0.717, 1.165) is 18.7 Å². The maximum atomic E-state index is 3.91. The van der Waals surface area contributed by atoms with E-state index in [2.05, 4.69) is 188 Å². The minimum Gasteiger partial charge on any atom is -0.355 e. The molecule has 0 spiro atoms. The molecule has 8 aromatic carbocycles. The number of benzene rings is 8. The summed E-state index contributed by atoms with van der Waals surface area (Å²) in [5.41, 5.74) is 19.2. The SMILES string of the molecule is CC1(C)c2ccccc2-c2cc(-c3cc(-c4cc5sc6ccccc6c5cc4Nc4ccccc4)c4c5c3c3ccccc3n5-c3ccccc3B4)ccc21. The summed E-state index contributed by atoms with van der Waals surface area (Å²) in [6, 6.07) is 61.1. The number of hydrogen-bond donors (Lipinski definition) is 1. The van der Waals surface area contributed by atoms with Gasteiger partial charge in [-0.15, -0.1) is 11.3 Å². The average molecular weight is 719 g/mol. The molecule has 0 atom stereocenters. The molecular weight excluding hydrogens is 683 g/mol. The molecule has 0 saturated carbocycles. The molecule has 10 aromatic rings. The molecule has 2 aliphatic rings. The van der Waals surface area contributed by atoms with Gasteiger partial charge < -0.3 is 9.88 Å². The molecule has 55 heavy (non-hydrogen) atoms. The van der Waals surface area contributed by atoms with Gasteiger partial charge >= 0.3 is 0 Å². The van der Waals surface area contributed by atoms with Gasteiger partial charge in [0.25, 0.3) is 0 Å². The molecule has 0 unspecified atom stereocenters. The average Bonchev–Trinajstić information content (AvgIpc) is 3.84. The van der Waals surface area contributed by atoms with E-state index in [0.29, 0.717) is 0 Å². The van der Waals surface area contributed by atoms with Crippen LogP contribution < -0.4 is 16.2 Å². The number of nitrogens with one attached hydrogen (secondary N) is 1. The van der Waals surface area contributed by atoms with Gasteiger partial charge in [-0.1, -0.05) is 129 Å². The highest BCUT2D eigenvalue weighted by Crippen LogP contribution is 2.51. The predicted molar refractivity (Wildman–Crippen MR) is 238 cm³/mol. The zero-order valence-corrected chi connectivity index (χ0v) is 31.5. The van der Waals surface area contributed by atoms with Gasteiger partial charge in [0.05, 0.1) is 5.52 Å². The molecule has 0 saturated heterocycles. The molecule has 1 aliphatic heterocycles. The Morgan fingerprint density at radius 3 is 2.20 bits per heavy atom. The van der Waals surface area contributed by atoms with Crippen LogP contribution in [0.1, 0.15) is 25.0 Å².